The van der Waals surface area contributed by atoms with Gasteiger partial charge in [-0.05, 0) is 30.2 Å². The average Bonchev–Trinajstić information content (AvgIpc) is 2.67. The number of hydrogen-bond donors (Lipinski definition) is 1. The zero-order chi connectivity index (χ0) is 19.4. The van der Waals surface area contributed by atoms with Gasteiger partial charge in [-0.2, -0.15) is 5.26 Å². The first-order chi connectivity index (χ1) is 13.0. The lowest BCUT2D eigenvalue weighted by molar-refractivity contribution is -0.140. The average molecular weight is 364 g/mol. The minimum absolute atomic E-state index is 0.0771. The number of nitrogens with zero attached hydrogens (tertiary/aromatic N) is 1. The number of nitrogens with two attached hydrogens (primary N) is 1. The summed E-state index contributed by atoms with van der Waals surface area (Å²) in [6, 6.07) is 16.8. The summed E-state index contributed by atoms with van der Waals surface area (Å²) in [7, 11) is 0. The molecule has 0 unspecified atom stereocenters. The van der Waals surface area contributed by atoms with Gasteiger partial charge in [0.1, 0.15) is 29.8 Å². The highest BCUT2D eigenvalue weighted by Gasteiger charge is 2.36. The van der Waals surface area contributed by atoms with Gasteiger partial charge in [0.25, 0.3) is 0 Å². The van der Waals surface area contributed by atoms with Gasteiger partial charge in [-0.3, -0.25) is 0 Å². The fraction of sp³-hybridized carbons (Fsp3) is 0.143. The summed E-state index contributed by atoms with van der Waals surface area (Å²) >= 11 is 0. The van der Waals surface area contributed by atoms with E-state index in [2.05, 4.69) is 0 Å². The zero-order valence-corrected chi connectivity index (χ0v) is 14.6. The second-order valence-corrected chi connectivity index (χ2v) is 6.01. The third-order valence-electron chi connectivity index (χ3n) is 4.24. The lowest BCUT2D eigenvalue weighted by Gasteiger charge is -2.26. The Morgan fingerprint density at radius 3 is 2.52 bits per heavy atom. The number of halogens is 1. The van der Waals surface area contributed by atoms with E-state index < -0.39 is 17.7 Å². The number of allylic oxidation sites excluding steroid dienone is 2. The largest absolute Gasteiger partial charge is 0.457 e. The van der Waals surface area contributed by atoms with E-state index >= 15 is 0 Å². The first kappa shape index (κ1) is 18.2. The molecule has 2 N–H and O–H groups in total. The molecule has 2 aromatic rings. The fourth-order valence-electron chi connectivity index (χ4n) is 2.94. The van der Waals surface area contributed by atoms with Crippen LogP contribution in [0.1, 0.15) is 24.0 Å². The van der Waals surface area contributed by atoms with E-state index in [4.69, 9.17) is 15.2 Å². The topological polar surface area (TPSA) is 85.3 Å². The molecule has 27 heavy (non-hydrogen) atoms. The monoisotopic (exact) mass is 364 g/mol. The Labute approximate surface area is 156 Å². The van der Waals surface area contributed by atoms with Crippen LogP contribution in [0.3, 0.4) is 0 Å². The Balaban J connectivity index is 1.94. The van der Waals surface area contributed by atoms with Gasteiger partial charge in [-0.15, -0.1) is 0 Å². The summed E-state index contributed by atoms with van der Waals surface area (Å²) in [5, 5.41) is 9.52. The number of carbonyl (C=O) groups excluding carboxylic acids is 1. The number of rotatable bonds is 4. The first-order valence-electron chi connectivity index (χ1n) is 8.26. The maximum atomic E-state index is 13.3. The third kappa shape index (κ3) is 3.82. The molecule has 0 amide bonds. The molecule has 1 heterocycles. The van der Waals surface area contributed by atoms with E-state index in [1.165, 1.54) is 24.3 Å². The van der Waals surface area contributed by atoms with Crippen molar-refractivity contribution < 1.29 is 18.7 Å². The fourth-order valence-corrected chi connectivity index (χ4v) is 2.94. The van der Waals surface area contributed by atoms with Crippen molar-refractivity contribution in [1.82, 2.24) is 0 Å². The maximum Gasteiger partial charge on any atom is 0.338 e. The summed E-state index contributed by atoms with van der Waals surface area (Å²) in [5.74, 6) is -1.66. The van der Waals surface area contributed by atoms with Crippen LogP contribution in [0, 0.1) is 17.1 Å². The predicted molar refractivity (Wildman–Crippen MR) is 96.0 cm³/mol. The maximum absolute atomic E-state index is 13.3. The van der Waals surface area contributed by atoms with Crippen LogP contribution in [0.15, 0.2) is 77.4 Å². The van der Waals surface area contributed by atoms with Crippen molar-refractivity contribution in [2.45, 2.75) is 19.4 Å². The SMILES string of the molecule is CC1=C(C(=O)OCc2ccccc2)[C@@H](c2ccc(F)cc2)C(C#N)=C(N)O1. The number of nitriles is 1. The van der Waals surface area contributed by atoms with E-state index in [9.17, 15) is 14.4 Å². The molecule has 0 aliphatic carbocycles. The minimum atomic E-state index is -0.785. The summed E-state index contributed by atoms with van der Waals surface area (Å²) in [5.41, 5.74) is 7.47. The third-order valence-corrected chi connectivity index (χ3v) is 4.24. The van der Waals surface area contributed by atoms with Crippen LogP contribution in [-0.4, -0.2) is 5.97 Å². The predicted octanol–water partition coefficient (Wildman–Crippen LogP) is 3.65. The Kier molecular flexibility index (Phi) is 5.23. The van der Waals surface area contributed by atoms with Crippen LogP contribution in [0.5, 0.6) is 0 Å². The summed E-state index contributed by atoms with van der Waals surface area (Å²) in [6.07, 6.45) is 0. The molecule has 0 fully saturated rings. The van der Waals surface area contributed by atoms with Crippen LogP contribution < -0.4 is 5.73 Å². The molecule has 5 nitrogen and oxygen atoms in total. The molecule has 3 rings (SSSR count). The molecule has 0 aromatic heterocycles. The Bertz CT molecular complexity index is 957. The van der Waals surface area contributed by atoms with Crippen LogP contribution in [0.25, 0.3) is 0 Å². The lowest BCUT2D eigenvalue weighted by atomic mass is 9.83. The summed E-state index contributed by atoms with van der Waals surface area (Å²) < 4.78 is 24.1. The summed E-state index contributed by atoms with van der Waals surface area (Å²) in [6.45, 7) is 1.66. The van der Waals surface area contributed by atoms with Crippen molar-refractivity contribution in [3.63, 3.8) is 0 Å². The van der Waals surface area contributed by atoms with Gasteiger partial charge in [0, 0.05) is 0 Å². The van der Waals surface area contributed by atoms with Crippen LogP contribution in [0.4, 0.5) is 4.39 Å². The van der Waals surface area contributed by atoms with Crippen LogP contribution >= 0.6 is 0 Å². The van der Waals surface area contributed by atoms with Gasteiger partial charge < -0.3 is 15.2 Å². The van der Waals surface area contributed by atoms with Crippen molar-refractivity contribution in [2.24, 2.45) is 5.73 Å². The van der Waals surface area contributed by atoms with Crippen LogP contribution in [0.2, 0.25) is 0 Å². The molecule has 0 radical (unpaired) electrons. The highest BCUT2D eigenvalue weighted by Crippen LogP contribution is 2.39. The lowest BCUT2D eigenvalue weighted by Crippen LogP contribution is -2.25. The van der Waals surface area contributed by atoms with Crippen molar-refractivity contribution in [3.8, 4) is 6.07 Å². The molecule has 0 spiro atoms. The highest BCUT2D eigenvalue weighted by atomic mass is 19.1. The second-order valence-electron chi connectivity index (χ2n) is 6.01. The van der Waals surface area contributed by atoms with Crippen molar-refractivity contribution >= 4 is 5.97 Å². The minimum Gasteiger partial charge on any atom is -0.457 e. The normalized spacial score (nSPS) is 16.6. The highest BCUT2D eigenvalue weighted by molar-refractivity contribution is 5.92. The molecule has 6 heteroatoms. The second kappa shape index (κ2) is 7.75. The van der Waals surface area contributed by atoms with E-state index in [-0.39, 0.29) is 29.4 Å². The van der Waals surface area contributed by atoms with Gasteiger partial charge >= 0.3 is 5.97 Å². The number of esters is 1. The number of carbonyl (C=O) groups is 1. The quantitative estimate of drug-likeness (QED) is 0.837. The molecule has 1 aliphatic rings. The molecular weight excluding hydrogens is 347 g/mol. The standard InChI is InChI=1S/C21H17FN2O3/c1-13-18(21(25)26-12-14-5-3-2-4-6-14)19(17(11-23)20(24)27-13)15-7-9-16(22)10-8-15/h2-10,19H,12,24H2,1H3/t19-/m0/s1. The number of hydrogen-bond acceptors (Lipinski definition) is 5. The number of benzene rings is 2. The first-order valence-corrected chi connectivity index (χ1v) is 8.26. The molecule has 136 valence electrons. The Hall–Kier alpha value is -3.59. The van der Waals surface area contributed by atoms with E-state index in [1.54, 1.807) is 6.92 Å². The number of ether oxygens (including phenoxy) is 2. The molecule has 0 saturated heterocycles. The van der Waals surface area contributed by atoms with Gasteiger partial charge in [-0.1, -0.05) is 42.5 Å². The van der Waals surface area contributed by atoms with Crippen molar-refractivity contribution in [3.05, 3.63) is 94.3 Å². The smallest absolute Gasteiger partial charge is 0.338 e. The van der Waals surface area contributed by atoms with Crippen LogP contribution in [-0.2, 0) is 20.9 Å². The van der Waals surface area contributed by atoms with E-state index in [1.807, 2.05) is 36.4 Å². The van der Waals surface area contributed by atoms with E-state index in [0.29, 0.717) is 5.56 Å². The van der Waals surface area contributed by atoms with Gasteiger partial charge in [0.2, 0.25) is 5.88 Å². The van der Waals surface area contributed by atoms with Crippen molar-refractivity contribution in [2.75, 3.05) is 0 Å². The molecular formula is C21H17FN2O3. The molecule has 1 aliphatic heterocycles. The summed E-state index contributed by atoms with van der Waals surface area (Å²) in [4.78, 5) is 12.8. The molecule has 0 bridgehead atoms. The Morgan fingerprint density at radius 2 is 1.89 bits per heavy atom. The molecule has 1 atom stereocenters. The van der Waals surface area contributed by atoms with Gasteiger partial charge in [-0.25, -0.2) is 9.18 Å². The Morgan fingerprint density at radius 1 is 1.22 bits per heavy atom. The zero-order valence-electron chi connectivity index (χ0n) is 14.6. The van der Waals surface area contributed by atoms with Crippen molar-refractivity contribution in [1.29, 1.82) is 5.26 Å². The molecule has 0 saturated carbocycles. The van der Waals surface area contributed by atoms with Gasteiger partial charge in [0.15, 0.2) is 0 Å². The van der Waals surface area contributed by atoms with E-state index in [0.717, 1.165) is 5.56 Å². The van der Waals surface area contributed by atoms with Gasteiger partial charge in [0.05, 0.1) is 11.5 Å². The molecule has 2 aromatic carbocycles.